The minimum absolute atomic E-state index is 0.0694. The van der Waals surface area contributed by atoms with Gasteiger partial charge in [0.15, 0.2) is 0 Å². The third-order valence-corrected chi connectivity index (χ3v) is 4.63. The Morgan fingerprint density at radius 1 is 0.966 bits per heavy atom. The first-order valence-corrected chi connectivity index (χ1v) is 10.0. The first kappa shape index (κ1) is 24.5. The highest BCUT2D eigenvalue weighted by molar-refractivity contribution is 5.33. The second-order valence-electron chi connectivity index (χ2n) is 6.86. The Morgan fingerprint density at radius 2 is 1.48 bits per heavy atom. The van der Waals surface area contributed by atoms with Crippen LogP contribution in [0, 0.1) is 11.3 Å². The van der Waals surface area contributed by atoms with Crippen molar-refractivity contribution in [3.05, 3.63) is 59.7 Å². The summed E-state index contributed by atoms with van der Waals surface area (Å²) >= 11 is 0. The maximum Gasteiger partial charge on any atom is 0.119 e. The Bertz CT molecular complexity index is 731. The quantitative estimate of drug-likeness (QED) is 0.777. The molecule has 2 aromatic rings. The van der Waals surface area contributed by atoms with Gasteiger partial charge >= 0.3 is 0 Å². The summed E-state index contributed by atoms with van der Waals surface area (Å²) in [5.41, 5.74) is 7.79. The van der Waals surface area contributed by atoms with E-state index < -0.39 is 0 Å². The molecule has 1 saturated heterocycles. The fourth-order valence-electron chi connectivity index (χ4n) is 2.58. The van der Waals surface area contributed by atoms with Crippen molar-refractivity contribution in [3.63, 3.8) is 0 Å². The molecule has 0 spiro atoms. The lowest BCUT2D eigenvalue weighted by Crippen LogP contribution is -2.08. The maximum absolute atomic E-state index is 8.66. The first-order chi connectivity index (χ1) is 14.0. The van der Waals surface area contributed by atoms with Crippen LogP contribution in [0.5, 0.6) is 11.5 Å². The Kier molecular flexibility index (Phi) is 12.2. The average molecular weight is 399 g/mol. The predicted molar refractivity (Wildman–Crippen MR) is 118 cm³/mol. The minimum atomic E-state index is -0.0694. The molecule has 0 bridgehead atoms. The zero-order valence-electron chi connectivity index (χ0n) is 18.1. The predicted octanol–water partition coefficient (Wildman–Crippen LogP) is 4.88. The van der Waals surface area contributed by atoms with Crippen molar-refractivity contribution < 1.29 is 14.2 Å². The SMILES string of the molecule is C1CCOC1.COc1cccc(C(C)C#N)c1.COc1cccc(C(C)CN)c1. The average Bonchev–Trinajstić information content (AvgIpc) is 3.38. The largest absolute Gasteiger partial charge is 0.497 e. The third-order valence-electron chi connectivity index (χ3n) is 4.63. The summed E-state index contributed by atoms with van der Waals surface area (Å²) in [6, 6.07) is 17.8. The molecule has 0 aliphatic carbocycles. The lowest BCUT2D eigenvalue weighted by atomic mass is 10.0. The molecule has 3 rings (SSSR count). The molecule has 1 aliphatic rings. The summed E-state index contributed by atoms with van der Waals surface area (Å²) in [5, 5.41) is 8.66. The Morgan fingerprint density at radius 3 is 1.90 bits per heavy atom. The zero-order valence-corrected chi connectivity index (χ0v) is 18.1. The van der Waals surface area contributed by atoms with E-state index in [0.29, 0.717) is 12.5 Å². The van der Waals surface area contributed by atoms with Crippen LogP contribution in [0.15, 0.2) is 48.5 Å². The number of ether oxygens (including phenoxy) is 3. The summed E-state index contributed by atoms with van der Waals surface area (Å²) in [5.74, 6) is 2.03. The highest BCUT2D eigenvalue weighted by Gasteiger charge is 2.04. The van der Waals surface area contributed by atoms with Crippen LogP contribution in [0.25, 0.3) is 0 Å². The zero-order chi connectivity index (χ0) is 21.5. The second-order valence-corrected chi connectivity index (χ2v) is 6.86. The number of nitrogens with zero attached hydrogens (tertiary/aromatic N) is 1. The monoisotopic (exact) mass is 398 g/mol. The van der Waals surface area contributed by atoms with Crippen molar-refractivity contribution in [1.29, 1.82) is 5.26 Å². The lowest BCUT2D eigenvalue weighted by Gasteiger charge is -2.09. The molecule has 0 saturated carbocycles. The fraction of sp³-hybridized carbons (Fsp3) is 0.458. The second kappa shape index (κ2) is 14.4. The number of methoxy groups -OCH3 is 2. The molecule has 5 nitrogen and oxygen atoms in total. The molecule has 2 N–H and O–H groups in total. The molecule has 2 unspecified atom stereocenters. The van der Waals surface area contributed by atoms with Gasteiger partial charge in [0.1, 0.15) is 11.5 Å². The van der Waals surface area contributed by atoms with E-state index >= 15 is 0 Å². The van der Waals surface area contributed by atoms with Crippen molar-refractivity contribution in [1.82, 2.24) is 0 Å². The van der Waals surface area contributed by atoms with Crippen molar-refractivity contribution in [3.8, 4) is 17.6 Å². The van der Waals surface area contributed by atoms with Gasteiger partial charge in [-0.2, -0.15) is 5.26 Å². The molecular weight excluding hydrogens is 364 g/mol. The van der Waals surface area contributed by atoms with E-state index in [0.717, 1.165) is 30.3 Å². The molecule has 0 aromatic heterocycles. The Balaban J connectivity index is 0.000000235. The van der Waals surface area contributed by atoms with E-state index in [1.54, 1.807) is 14.2 Å². The Labute approximate surface area is 175 Å². The minimum Gasteiger partial charge on any atom is -0.497 e. The Hall–Kier alpha value is -2.55. The van der Waals surface area contributed by atoms with Gasteiger partial charge in [0, 0.05) is 13.2 Å². The van der Waals surface area contributed by atoms with Crippen LogP contribution in [0.1, 0.15) is 49.7 Å². The molecule has 29 heavy (non-hydrogen) atoms. The van der Waals surface area contributed by atoms with Crippen LogP contribution >= 0.6 is 0 Å². The van der Waals surface area contributed by atoms with Gasteiger partial charge in [-0.15, -0.1) is 0 Å². The first-order valence-electron chi connectivity index (χ1n) is 10.0. The number of hydrogen-bond donors (Lipinski definition) is 1. The summed E-state index contributed by atoms with van der Waals surface area (Å²) < 4.78 is 15.1. The number of hydrogen-bond acceptors (Lipinski definition) is 5. The van der Waals surface area contributed by atoms with Crippen molar-refractivity contribution in [2.75, 3.05) is 34.0 Å². The van der Waals surface area contributed by atoms with Crippen molar-refractivity contribution in [2.24, 2.45) is 5.73 Å². The standard InChI is InChI=1S/C10H15NO.C10H11NO.C4H8O/c2*1-8(7-11)9-4-3-5-10(6-9)12-2;1-2-4-5-3-1/h3-6,8H,7,11H2,1-2H3;3-6,8H,1-2H3;1-4H2. The van der Waals surface area contributed by atoms with Crippen LogP contribution in [0.3, 0.4) is 0 Å². The van der Waals surface area contributed by atoms with Crippen LogP contribution in [-0.4, -0.2) is 34.0 Å². The smallest absolute Gasteiger partial charge is 0.119 e. The summed E-state index contributed by atoms with van der Waals surface area (Å²) in [6.07, 6.45) is 2.56. The van der Waals surface area contributed by atoms with Crippen molar-refractivity contribution >= 4 is 0 Å². The molecule has 1 aliphatic heterocycles. The van der Waals surface area contributed by atoms with Gasteiger partial charge in [-0.05, 0) is 67.6 Å². The van der Waals surface area contributed by atoms with Gasteiger partial charge < -0.3 is 19.9 Å². The number of nitrogens with two attached hydrogens (primary N) is 1. The van der Waals surface area contributed by atoms with Crippen LogP contribution in [-0.2, 0) is 4.74 Å². The van der Waals surface area contributed by atoms with Gasteiger partial charge in [0.05, 0.1) is 26.2 Å². The van der Waals surface area contributed by atoms with E-state index in [9.17, 15) is 0 Å². The van der Waals surface area contributed by atoms with Crippen LogP contribution in [0.2, 0.25) is 0 Å². The van der Waals surface area contributed by atoms with Gasteiger partial charge in [-0.3, -0.25) is 0 Å². The summed E-state index contributed by atoms with van der Waals surface area (Å²) in [6.45, 7) is 6.65. The molecule has 2 atom stereocenters. The molecule has 0 radical (unpaired) electrons. The molecule has 0 amide bonds. The topological polar surface area (TPSA) is 77.5 Å². The number of benzene rings is 2. The van der Waals surface area contributed by atoms with Crippen LogP contribution in [0.4, 0.5) is 0 Å². The third kappa shape index (κ3) is 9.47. The van der Waals surface area contributed by atoms with Crippen molar-refractivity contribution in [2.45, 2.75) is 38.5 Å². The van der Waals surface area contributed by atoms with Gasteiger partial charge in [-0.1, -0.05) is 31.2 Å². The summed E-state index contributed by atoms with van der Waals surface area (Å²) in [4.78, 5) is 0. The molecule has 5 heteroatoms. The number of nitriles is 1. The van der Waals surface area contributed by atoms with Gasteiger partial charge in [0.2, 0.25) is 0 Å². The summed E-state index contributed by atoms with van der Waals surface area (Å²) in [7, 11) is 3.29. The van der Waals surface area contributed by atoms with E-state index in [2.05, 4.69) is 19.1 Å². The van der Waals surface area contributed by atoms with E-state index in [1.165, 1.54) is 18.4 Å². The molecule has 1 fully saturated rings. The molecule has 158 valence electrons. The number of rotatable bonds is 5. The van der Waals surface area contributed by atoms with E-state index in [1.807, 2.05) is 49.4 Å². The maximum atomic E-state index is 8.66. The van der Waals surface area contributed by atoms with Crippen LogP contribution < -0.4 is 15.2 Å². The van der Waals surface area contributed by atoms with Gasteiger partial charge in [-0.25, -0.2) is 0 Å². The van der Waals surface area contributed by atoms with E-state index in [-0.39, 0.29) is 5.92 Å². The highest BCUT2D eigenvalue weighted by atomic mass is 16.5. The molecule has 1 heterocycles. The van der Waals surface area contributed by atoms with Gasteiger partial charge in [0.25, 0.3) is 0 Å². The lowest BCUT2D eigenvalue weighted by molar-refractivity contribution is 0.198. The van der Waals surface area contributed by atoms with E-state index in [4.69, 9.17) is 25.2 Å². The molecular formula is C24H34N2O3. The molecule has 2 aromatic carbocycles. The fourth-order valence-corrected chi connectivity index (χ4v) is 2.58. The highest BCUT2D eigenvalue weighted by Crippen LogP contribution is 2.20. The normalized spacial score (nSPS) is 14.2.